The van der Waals surface area contributed by atoms with Crippen molar-refractivity contribution in [1.29, 1.82) is 0 Å². The van der Waals surface area contributed by atoms with Gasteiger partial charge in [0.15, 0.2) is 11.6 Å². The molecule has 0 aliphatic carbocycles. The Morgan fingerprint density at radius 2 is 1.84 bits per heavy atom. The first kappa shape index (κ1) is 24.5. The molecular formula is C29H28FN3O4. The number of aromatic carboxylic acids is 1. The number of aromatic nitrogens is 1. The molecule has 2 heterocycles. The first-order chi connectivity index (χ1) is 17.9. The Morgan fingerprint density at radius 3 is 2.46 bits per heavy atom. The van der Waals surface area contributed by atoms with E-state index in [1.54, 1.807) is 4.57 Å². The third-order valence-electron chi connectivity index (χ3n) is 7.03. The van der Waals surface area contributed by atoms with E-state index in [-0.39, 0.29) is 29.3 Å². The van der Waals surface area contributed by atoms with Crippen molar-refractivity contribution in [3.05, 3.63) is 94.0 Å². The molecule has 4 aromatic rings. The van der Waals surface area contributed by atoms with E-state index in [2.05, 4.69) is 0 Å². The summed E-state index contributed by atoms with van der Waals surface area (Å²) in [6.07, 6.45) is 2.14. The molecule has 1 aliphatic rings. The summed E-state index contributed by atoms with van der Waals surface area (Å²) in [7, 11) is 1.43. The normalized spacial score (nSPS) is 15.3. The Balaban J connectivity index is 1.65. The van der Waals surface area contributed by atoms with Crippen LogP contribution in [0.15, 0.2) is 71.7 Å². The number of benzene rings is 3. The number of carbonyl (C=O) groups is 1. The summed E-state index contributed by atoms with van der Waals surface area (Å²) in [5.41, 5.74) is 8.31. The molecule has 190 valence electrons. The van der Waals surface area contributed by atoms with Crippen molar-refractivity contribution in [2.45, 2.75) is 13.0 Å². The largest absolute Gasteiger partial charge is 0.492 e. The van der Waals surface area contributed by atoms with E-state index in [0.29, 0.717) is 25.2 Å². The molecule has 1 aliphatic heterocycles. The lowest BCUT2D eigenvalue weighted by molar-refractivity contribution is 0.0695. The summed E-state index contributed by atoms with van der Waals surface area (Å²) in [6.45, 7) is 1.95. The number of ether oxygens (including phenoxy) is 1. The van der Waals surface area contributed by atoms with E-state index < -0.39 is 22.8 Å². The van der Waals surface area contributed by atoms with Gasteiger partial charge in [0.1, 0.15) is 11.3 Å². The fourth-order valence-corrected chi connectivity index (χ4v) is 5.11. The molecule has 0 amide bonds. The van der Waals surface area contributed by atoms with Crippen LogP contribution in [0, 0.1) is 11.7 Å². The van der Waals surface area contributed by atoms with Crippen LogP contribution in [0.1, 0.15) is 22.3 Å². The van der Waals surface area contributed by atoms with Crippen molar-refractivity contribution in [2.75, 3.05) is 31.6 Å². The van der Waals surface area contributed by atoms with Crippen molar-refractivity contribution in [1.82, 2.24) is 4.57 Å². The second-order valence-electron chi connectivity index (χ2n) is 9.34. The third-order valence-corrected chi connectivity index (χ3v) is 7.03. The van der Waals surface area contributed by atoms with Gasteiger partial charge in [-0.15, -0.1) is 0 Å². The number of hydrogen-bond acceptors (Lipinski definition) is 5. The molecule has 8 heteroatoms. The number of anilines is 1. The predicted octanol–water partition coefficient (Wildman–Crippen LogP) is 4.35. The molecule has 7 nitrogen and oxygen atoms in total. The van der Waals surface area contributed by atoms with E-state index in [9.17, 15) is 14.7 Å². The van der Waals surface area contributed by atoms with Crippen LogP contribution in [-0.4, -0.2) is 42.4 Å². The Bertz CT molecular complexity index is 1520. The summed E-state index contributed by atoms with van der Waals surface area (Å²) in [6, 6.07) is 19.0. The first-order valence-electron chi connectivity index (χ1n) is 12.2. The zero-order valence-corrected chi connectivity index (χ0v) is 20.5. The Hall–Kier alpha value is -4.17. The molecule has 1 aromatic heterocycles. The number of carboxylic acid groups (broad SMARTS) is 1. The highest BCUT2D eigenvalue weighted by Crippen LogP contribution is 2.40. The first-order valence-corrected chi connectivity index (χ1v) is 12.2. The number of pyridine rings is 1. The number of nitrogens with zero attached hydrogens (tertiary/aromatic N) is 2. The molecule has 3 N–H and O–H groups in total. The van der Waals surface area contributed by atoms with Gasteiger partial charge < -0.3 is 25.0 Å². The van der Waals surface area contributed by atoms with Crippen molar-refractivity contribution in [3.63, 3.8) is 0 Å². The van der Waals surface area contributed by atoms with E-state index in [0.717, 1.165) is 29.2 Å². The van der Waals surface area contributed by atoms with E-state index in [1.807, 2.05) is 59.5 Å². The maximum absolute atomic E-state index is 15.5. The van der Waals surface area contributed by atoms with Crippen LogP contribution in [0.4, 0.5) is 10.1 Å². The molecule has 3 aromatic carbocycles. The fourth-order valence-electron chi connectivity index (χ4n) is 5.11. The van der Waals surface area contributed by atoms with Crippen LogP contribution < -0.4 is 20.8 Å². The van der Waals surface area contributed by atoms with Gasteiger partial charge in [-0.2, -0.15) is 0 Å². The average molecular weight is 502 g/mol. The van der Waals surface area contributed by atoms with Gasteiger partial charge in [-0.3, -0.25) is 4.79 Å². The van der Waals surface area contributed by atoms with Crippen LogP contribution >= 0.6 is 0 Å². The molecule has 5 rings (SSSR count). The number of fused-ring (bicyclic) bond motifs is 1. The van der Waals surface area contributed by atoms with E-state index in [4.69, 9.17) is 10.5 Å². The van der Waals surface area contributed by atoms with Crippen molar-refractivity contribution < 1.29 is 19.0 Å². The van der Waals surface area contributed by atoms with Crippen LogP contribution in [0.3, 0.4) is 0 Å². The molecule has 1 saturated heterocycles. The topological polar surface area (TPSA) is 97.8 Å². The minimum absolute atomic E-state index is 0.0338. The standard InChI is InChI=1S/C29H28FN3O4/c1-37-28-25-22(13-24(30)26(28)32-12-11-19(14-31)16-32)27(34)23(29(35)36)17-33(25)15-18-7-9-21(10-8-18)20-5-3-2-4-6-20/h2-10,13,17,19H,11-12,14-16,31H2,1H3,(H,35,36)/t19-/m0/s1. The van der Waals surface area contributed by atoms with Crippen LogP contribution in [0.5, 0.6) is 5.75 Å². The van der Waals surface area contributed by atoms with Crippen molar-refractivity contribution >= 4 is 22.6 Å². The smallest absolute Gasteiger partial charge is 0.341 e. The number of nitrogens with two attached hydrogens (primary N) is 1. The lowest BCUT2D eigenvalue weighted by Gasteiger charge is -2.25. The molecular weight excluding hydrogens is 473 g/mol. The summed E-state index contributed by atoms with van der Waals surface area (Å²) in [4.78, 5) is 26.9. The lowest BCUT2D eigenvalue weighted by atomic mass is 10.0. The monoisotopic (exact) mass is 501 g/mol. The highest BCUT2D eigenvalue weighted by Gasteiger charge is 2.29. The predicted molar refractivity (Wildman–Crippen MR) is 142 cm³/mol. The minimum Gasteiger partial charge on any atom is -0.492 e. The van der Waals surface area contributed by atoms with Gasteiger partial charge in [-0.1, -0.05) is 54.6 Å². The van der Waals surface area contributed by atoms with Crippen molar-refractivity contribution in [3.8, 4) is 16.9 Å². The molecule has 0 bridgehead atoms. The van der Waals surface area contributed by atoms with Crippen LogP contribution in [0.25, 0.3) is 22.0 Å². The van der Waals surface area contributed by atoms with E-state index >= 15 is 4.39 Å². The number of halogens is 1. The second-order valence-corrected chi connectivity index (χ2v) is 9.34. The summed E-state index contributed by atoms with van der Waals surface area (Å²) < 4.78 is 22.9. The SMILES string of the molecule is COc1c(N2CC[C@@H](CN)C2)c(F)cc2c(=O)c(C(=O)O)cn(Cc3ccc(-c4ccccc4)cc3)c12. The van der Waals surface area contributed by atoms with Gasteiger partial charge in [0.05, 0.1) is 18.0 Å². The number of carboxylic acids is 1. The quantitative estimate of drug-likeness (QED) is 0.391. The summed E-state index contributed by atoms with van der Waals surface area (Å²) in [5.74, 6) is -1.54. The Kier molecular flexibility index (Phi) is 6.67. The third kappa shape index (κ3) is 4.56. The second kappa shape index (κ2) is 10.1. The minimum atomic E-state index is -1.37. The molecule has 37 heavy (non-hydrogen) atoms. The molecule has 1 fully saturated rings. The number of methoxy groups -OCH3 is 1. The average Bonchev–Trinajstić information content (AvgIpc) is 3.39. The molecule has 0 spiro atoms. The van der Waals surface area contributed by atoms with Crippen molar-refractivity contribution in [2.24, 2.45) is 11.7 Å². The molecule has 0 saturated carbocycles. The number of hydrogen-bond donors (Lipinski definition) is 2. The van der Waals surface area contributed by atoms with E-state index in [1.165, 1.54) is 13.3 Å². The van der Waals surface area contributed by atoms with Crippen LogP contribution in [-0.2, 0) is 6.54 Å². The molecule has 0 radical (unpaired) electrons. The Labute approximate surface area is 213 Å². The van der Waals surface area contributed by atoms with Gasteiger partial charge in [-0.25, -0.2) is 9.18 Å². The van der Waals surface area contributed by atoms with Gasteiger partial charge in [0, 0.05) is 25.8 Å². The fraction of sp³-hybridized carbons (Fsp3) is 0.241. The molecule has 1 atom stereocenters. The zero-order chi connectivity index (χ0) is 26.1. The maximum atomic E-state index is 15.5. The highest BCUT2D eigenvalue weighted by atomic mass is 19.1. The highest BCUT2D eigenvalue weighted by molar-refractivity contribution is 5.97. The summed E-state index contributed by atoms with van der Waals surface area (Å²) in [5, 5.41) is 9.67. The molecule has 0 unspecified atom stereocenters. The maximum Gasteiger partial charge on any atom is 0.341 e. The van der Waals surface area contributed by atoms with Gasteiger partial charge in [-0.05, 0) is 41.6 Å². The zero-order valence-electron chi connectivity index (χ0n) is 20.5. The number of rotatable bonds is 7. The summed E-state index contributed by atoms with van der Waals surface area (Å²) >= 11 is 0. The van der Waals surface area contributed by atoms with Crippen LogP contribution in [0.2, 0.25) is 0 Å². The Morgan fingerprint density at radius 1 is 1.14 bits per heavy atom. The van der Waals surface area contributed by atoms with Gasteiger partial charge in [0.2, 0.25) is 5.43 Å². The van der Waals surface area contributed by atoms with Gasteiger partial charge >= 0.3 is 5.97 Å². The van der Waals surface area contributed by atoms with Gasteiger partial charge in [0.25, 0.3) is 0 Å². The lowest BCUT2D eigenvalue weighted by Crippen LogP contribution is -2.25.